The zero-order valence-electron chi connectivity index (χ0n) is 11.8. The van der Waals surface area contributed by atoms with Gasteiger partial charge in [0.05, 0.1) is 6.33 Å². The number of nitrogens with one attached hydrogen (secondary N) is 1. The van der Waals surface area contributed by atoms with Crippen LogP contribution in [-0.4, -0.2) is 31.6 Å². The Hall–Kier alpha value is -2.11. The molecule has 6 nitrogen and oxygen atoms in total. The van der Waals surface area contributed by atoms with Crippen LogP contribution in [-0.2, 0) is 13.5 Å². The van der Waals surface area contributed by atoms with E-state index in [9.17, 15) is 4.79 Å². The van der Waals surface area contributed by atoms with Gasteiger partial charge in [0.2, 0.25) is 0 Å². The molecule has 1 N–H and O–H groups in total. The Bertz CT molecular complexity index is 623. The van der Waals surface area contributed by atoms with Crippen molar-refractivity contribution in [3.05, 3.63) is 35.9 Å². The van der Waals surface area contributed by atoms with E-state index in [2.05, 4.69) is 26.8 Å². The van der Waals surface area contributed by atoms with Crippen molar-refractivity contribution < 1.29 is 4.79 Å². The minimum atomic E-state index is -0.133. The molecule has 20 heavy (non-hydrogen) atoms. The van der Waals surface area contributed by atoms with Gasteiger partial charge in [-0.3, -0.25) is 4.79 Å². The summed E-state index contributed by atoms with van der Waals surface area (Å²) in [7, 11) is 1.85. The highest BCUT2D eigenvalue weighted by atomic mass is 16.1. The van der Waals surface area contributed by atoms with Crippen LogP contribution >= 0.6 is 0 Å². The second kappa shape index (κ2) is 5.11. The number of aryl methyl sites for hydroxylation is 2. The van der Waals surface area contributed by atoms with Crippen LogP contribution in [0.2, 0.25) is 0 Å². The van der Waals surface area contributed by atoms with E-state index >= 15 is 0 Å². The highest BCUT2D eigenvalue weighted by Gasteiger charge is 2.26. The average molecular weight is 273 g/mol. The zero-order valence-corrected chi connectivity index (χ0v) is 11.8. The molecule has 2 aromatic heterocycles. The van der Waals surface area contributed by atoms with E-state index in [0.717, 1.165) is 12.2 Å². The molecule has 0 unspecified atom stereocenters. The number of imidazole rings is 2. The number of hydrogen-bond acceptors (Lipinski definition) is 3. The molecule has 0 bridgehead atoms. The van der Waals surface area contributed by atoms with Gasteiger partial charge in [-0.1, -0.05) is 0 Å². The van der Waals surface area contributed by atoms with Gasteiger partial charge in [0.1, 0.15) is 11.5 Å². The first kappa shape index (κ1) is 12.9. The maximum atomic E-state index is 11.9. The minimum absolute atomic E-state index is 0.133. The molecule has 0 aromatic carbocycles. The second-order valence-electron chi connectivity index (χ2n) is 5.35. The molecular formula is C14H19N5O. The fraction of sp³-hybridized carbons (Fsp3) is 0.500. The molecule has 1 saturated carbocycles. The van der Waals surface area contributed by atoms with Crippen molar-refractivity contribution in [2.24, 2.45) is 7.05 Å². The van der Waals surface area contributed by atoms with Gasteiger partial charge in [0, 0.05) is 44.1 Å². The van der Waals surface area contributed by atoms with Crippen LogP contribution in [0, 0.1) is 6.92 Å². The maximum Gasteiger partial charge on any atom is 0.271 e. The predicted octanol–water partition coefficient (Wildman–Crippen LogP) is 1.23. The van der Waals surface area contributed by atoms with Gasteiger partial charge in [0.25, 0.3) is 5.91 Å². The van der Waals surface area contributed by atoms with Crippen molar-refractivity contribution in [1.82, 2.24) is 24.4 Å². The van der Waals surface area contributed by atoms with E-state index in [0.29, 0.717) is 18.3 Å². The fourth-order valence-corrected chi connectivity index (χ4v) is 2.42. The average Bonchev–Trinajstić information content (AvgIpc) is 3.05. The lowest BCUT2D eigenvalue weighted by atomic mass is 10.3. The molecule has 3 rings (SSSR count). The Labute approximate surface area is 117 Å². The summed E-state index contributed by atoms with van der Waals surface area (Å²) in [5.74, 6) is 0.929. The third-order valence-electron chi connectivity index (χ3n) is 3.54. The summed E-state index contributed by atoms with van der Waals surface area (Å²) in [6.07, 6.45) is 8.48. The molecule has 2 heterocycles. The highest BCUT2D eigenvalue weighted by Crippen LogP contribution is 2.36. The number of aromatic nitrogens is 4. The molecule has 106 valence electrons. The Kier molecular flexibility index (Phi) is 3.30. The molecule has 1 fully saturated rings. The van der Waals surface area contributed by atoms with Gasteiger partial charge in [-0.25, -0.2) is 9.97 Å². The highest BCUT2D eigenvalue weighted by molar-refractivity contribution is 5.91. The predicted molar refractivity (Wildman–Crippen MR) is 74.5 cm³/mol. The van der Waals surface area contributed by atoms with Crippen LogP contribution in [0.4, 0.5) is 0 Å². The normalized spacial score (nSPS) is 14.5. The quantitative estimate of drug-likeness (QED) is 0.891. The zero-order chi connectivity index (χ0) is 14.1. The van der Waals surface area contributed by atoms with Gasteiger partial charge in [0.15, 0.2) is 0 Å². The van der Waals surface area contributed by atoms with Crippen molar-refractivity contribution in [3.63, 3.8) is 0 Å². The number of rotatable bonds is 5. The van der Waals surface area contributed by atoms with E-state index in [1.165, 1.54) is 18.5 Å². The van der Waals surface area contributed by atoms with Crippen molar-refractivity contribution >= 4 is 5.91 Å². The number of amides is 1. The van der Waals surface area contributed by atoms with E-state index in [-0.39, 0.29) is 5.91 Å². The molecule has 1 amide bonds. The Balaban J connectivity index is 1.56. The fourth-order valence-electron chi connectivity index (χ4n) is 2.42. The van der Waals surface area contributed by atoms with Gasteiger partial charge < -0.3 is 14.5 Å². The largest absolute Gasteiger partial charge is 0.350 e. The minimum Gasteiger partial charge on any atom is -0.350 e. The van der Waals surface area contributed by atoms with Crippen LogP contribution < -0.4 is 5.32 Å². The number of carbonyl (C=O) groups excluding carboxylic acids is 1. The van der Waals surface area contributed by atoms with Gasteiger partial charge in [-0.2, -0.15) is 0 Å². The summed E-state index contributed by atoms with van der Waals surface area (Å²) < 4.78 is 4.06. The van der Waals surface area contributed by atoms with Crippen LogP contribution in [0.25, 0.3) is 0 Å². The first-order chi connectivity index (χ1) is 9.65. The summed E-state index contributed by atoms with van der Waals surface area (Å²) in [4.78, 5) is 20.3. The Morgan fingerprint density at radius 1 is 1.45 bits per heavy atom. The molecule has 1 aliphatic rings. The Morgan fingerprint density at radius 2 is 2.25 bits per heavy atom. The first-order valence-corrected chi connectivity index (χ1v) is 6.94. The molecule has 2 aromatic rings. The molecule has 0 spiro atoms. The van der Waals surface area contributed by atoms with Crippen molar-refractivity contribution in [2.75, 3.05) is 6.54 Å². The summed E-state index contributed by atoms with van der Waals surface area (Å²) in [6, 6.07) is 0.624. The van der Waals surface area contributed by atoms with Crippen LogP contribution in [0.1, 0.15) is 40.9 Å². The summed E-state index contributed by atoms with van der Waals surface area (Å²) in [6.45, 7) is 2.67. The van der Waals surface area contributed by atoms with Crippen LogP contribution in [0.5, 0.6) is 0 Å². The molecule has 6 heteroatoms. The summed E-state index contributed by atoms with van der Waals surface area (Å²) in [5, 5.41) is 2.89. The van der Waals surface area contributed by atoms with Crippen molar-refractivity contribution in [1.29, 1.82) is 0 Å². The van der Waals surface area contributed by atoms with E-state index in [1.54, 1.807) is 17.1 Å². The molecule has 0 aliphatic heterocycles. The summed E-state index contributed by atoms with van der Waals surface area (Å²) in [5.41, 5.74) is 1.66. The topological polar surface area (TPSA) is 64.7 Å². The van der Waals surface area contributed by atoms with Crippen LogP contribution in [0.3, 0.4) is 0 Å². The number of carbonyl (C=O) groups is 1. The van der Waals surface area contributed by atoms with Crippen molar-refractivity contribution in [3.8, 4) is 0 Å². The summed E-state index contributed by atoms with van der Waals surface area (Å²) >= 11 is 0. The lowest BCUT2D eigenvalue weighted by molar-refractivity contribution is 0.0949. The van der Waals surface area contributed by atoms with E-state index in [1.807, 2.05) is 13.2 Å². The monoisotopic (exact) mass is 273 g/mol. The van der Waals surface area contributed by atoms with E-state index < -0.39 is 0 Å². The lowest BCUT2D eigenvalue weighted by Crippen LogP contribution is -2.26. The number of nitrogens with zero attached hydrogens (tertiary/aromatic N) is 4. The molecule has 1 aliphatic carbocycles. The SMILES string of the molecule is Cc1cnc(CCNC(=O)c2cn(C)cn2)n1C1CC1. The Morgan fingerprint density at radius 3 is 2.90 bits per heavy atom. The third kappa shape index (κ3) is 2.59. The number of hydrogen-bond donors (Lipinski definition) is 1. The third-order valence-corrected chi connectivity index (χ3v) is 3.54. The van der Waals surface area contributed by atoms with Gasteiger partial charge >= 0.3 is 0 Å². The maximum absolute atomic E-state index is 11.9. The standard InChI is InChI=1S/C14H19N5O/c1-10-7-16-13(19(10)11-3-4-11)5-6-15-14(20)12-8-18(2)9-17-12/h7-9,11H,3-6H2,1-2H3,(H,15,20). The van der Waals surface area contributed by atoms with Crippen molar-refractivity contribution in [2.45, 2.75) is 32.2 Å². The van der Waals surface area contributed by atoms with Gasteiger partial charge in [-0.05, 0) is 19.8 Å². The lowest BCUT2D eigenvalue weighted by Gasteiger charge is -2.08. The smallest absolute Gasteiger partial charge is 0.271 e. The molecule has 0 atom stereocenters. The molecule has 0 radical (unpaired) electrons. The second-order valence-corrected chi connectivity index (χ2v) is 5.35. The van der Waals surface area contributed by atoms with Gasteiger partial charge in [-0.15, -0.1) is 0 Å². The van der Waals surface area contributed by atoms with Crippen LogP contribution in [0.15, 0.2) is 18.7 Å². The molecule has 0 saturated heterocycles. The first-order valence-electron chi connectivity index (χ1n) is 6.94. The van der Waals surface area contributed by atoms with E-state index in [4.69, 9.17) is 0 Å². The molecular weight excluding hydrogens is 254 g/mol.